The van der Waals surface area contributed by atoms with Crippen LogP contribution in [0.4, 0.5) is 5.82 Å². The van der Waals surface area contributed by atoms with Gasteiger partial charge >= 0.3 is 0 Å². The number of rotatable bonds is 3. The summed E-state index contributed by atoms with van der Waals surface area (Å²) in [6.45, 7) is 0.899. The molecule has 0 radical (unpaired) electrons. The van der Waals surface area contributed by atoms with E-state index in [2.05, 4.69) is 16.9 Å². The van der Waals surface area contributed by atoms with Crippen LogP contribution in [0.3, 0.4) is 0 Å². The zero-order valence-corrected chi connectivity index (χ0v) is 9.83. The van der Waals surface area contributed by atoms with Gasteiger partial charge in [0.2, 0.25) is 0 Å². The number of thioether (sulfide) groups is 1. The smallest absolute Gasteiger partial charge is 0.123 e. The minimum atomic E-state index is 0.613. The van der Waals surface area contributed by atoms with Crippen molar-refractivity contribution in [3.63, 3.8) is 0 Å². The summed E-state index contributed by atoms with van der Waals surface area (Å²) in [5.74, 6) is 3.15. The predicted octanol–water partition coefficient (Wildman–Crippen LogP) is 1.60. The Balaban J connectivity index is 1.95. The van der Waals surface area contributed by atoms with Gasteiger partial charge in [-0.2, -0.15) is 11.8 Å². The first kappa shape index (κ1) is 10.8. The van der Waals surface area contributed by atoms with E-state index in [0.717, 1.165) is 12.2 Å². The third-order valence-corrected chi connectivity index (χ3v) is 3.91. The maximum absolute atomic E-state index is 5.65. The molecule has 1 fully saturated rings. The SMILES string of the molecule is CN(Cc1cccc(N)n1)C1CCSC1. The molecule has 3 nitrogen and oxygen atoms in total. The number of pyridine rings is 1. The third-order valence-electron chi connectivity index (χ3n) is 2.77. The highest BCUT2D eigenvalue weighted by molar-refractivity contribution is 7.99. The Morgan fingerprint density at radius 2 is 2.47 bits per heavy atom. The normalized spacial score (nSPS) is 21.1. The van der Waals surface area contributed by atoms with Gasteiger partial charge in [-0.25, -0.2) is 4.98 Å². The summed E-state index contributed by atoms with van der Waals surface area (Å²) in [6, 6.07) is 6.54. The zero-order valence-electron chi connectivity index (χ0n) is 9.02. The quantitative estimate of drug-likeness (QED) is 0.845. The molecule has 1 atom stereocenters. The van der Waals surface area contributed by atoms with Gasteiger partial charge in [-0.15, -0.1) is 0 Å². The van der Waals surface area contributed by atoms with Gasteiger partial charge in [0, 0.05) is 18.3 Å². The van der Waals surface area contributed by atoms with Crippen molar-refractivity contribution in [3.05, 3.63) is 23.9 Å². The molecule has 0 amide bonds. The Morgan fingerprint density at radius 1 is 1.60 bits per heavy atom. The lowest BCUT2D eigenvalue weighted by Gasteiger charge is -2.22. The maximum Gasteiger partial charge on any atom is 0.123 e. The van der Waals surface area contributed by atoms with Gasteiger partial charge in [-0.1, -0.05) is 6.07 Å². The molecule has 1 aliphatic rings. The van der Waals surface area contributed by atoms with Crippen LogP contribution in [0.15, 0.2) is 18.2 Å². The lowest BCUT2D eigenvalue weighted by Crippen LogP contribution is -2.31. The van der Waals surface area contributed by atoms with Crippen molar-refractivity contribution < 1.29 is 0 Å². The molecular weight excluding hydrogens is 206 g/mol. The summed E-state index contributed by atoms with van der Waals surface area (Å²) >= 11 is 2.04. The molecule has 1 aliphatic heterocycles. The molecule has 1 unspecified atom stereocenters. The topological polar surface area (TPSA) is 42.1 Å². The molecule has 4 heteroatoms. The van der Waals surface area contributed by atoms with E-state index in [-0.39, 0.29) is 0 Å². The van der Waals surface area contributed by atoms with Crippen molar-refractivity contribution in [3.8, 4) is 0 Å². The molecule has 0 aromatic carbocycles. The summed E-state index contributed by atoms with van der Waals surface area (Å²) in [5.41, 5.74) is 6.72. The van der Waals surface area contributed by atoms with Gasteiger partial charge < -0.3 is 5.73 Å². The van der Waals surface area contributed by atoms with Crippen molar-refractivity contribution in [2.45, 2.75) is 19.0 Å². The van der Waals surface area contributed by atoms with Crippen molar-refractivity contribution >= 4 is 17.6 Å². The molecule has 0 spiro atoms. The number of hydrogen-bond acceptors (Lipinski definition) is 4. The molecular formula is C11H17N3S. The maximum atomic E-state index is 5.65. The number of hydrogen-bond donors (Lipinski definition) is 1. The van der Waals surface area contributed by atoms with Crippen molar-refractivity contribution in [1.82, 2.24) is 9.88 Å². The Labute approximate surface area is 95.1 Å². The van der Waals surface area contributed by atoms with Gasteiger partial charge in [-0.3, -0.25) is 4.90 Å². The Hall–Kier alpha value is -0.740. The largest absolute Gasteiger partial charge is 0.384 e. The van der Waals surface area contributed by atoms with Crippen LogP contribution in [0.25, 0.3) is 0 Å². The van der Waals surface area contributed by atoms with Gasteiger partial charge in [-0.05, 0) is 31.4 Å². The van der Waals surface area contributed by atoms with Crippen LogP contribution in [0, 0.1) is 0 Å². The summed E-state index contributed by atoms with van der Waals surface area (Å²) in [5, 5.41) is 0. The number of anilines is 1. The Kier molecular flexibility index (Phi) is 3.49. The highest BCUT2D eigenvalue weighted by atomic mass is 32.2. The molecule has 82 valence electrons. The van der Waals surface area contributed by atoms with Crippen molar-refractivity contribution in [2.24, 2.45) is 0 Å². The van der Waals surface area contributed by atoms with Gasteiger partial charge in [0.25, 0.3) is 0 Å². The standard InChI is InChI=1S/C11H17N3S/c1-14(10-5-6-15-8-10)7-9-3-2-4-11(12)13-9/h2-4,10H,5-8H2,1H3,(H2,12,13). The fourth-order valence-corrected chi connectivity index (χ4v) is 3.14. The summed E-state index contributed by atoms with van der Waals surface area (Å²) < 4.78 is 0. The van der Waals surface area contributed by atoms with Gasteiger partial charge in [0.1, 0.15) is 5.82 Å². The van der Waals surface area contributed by atoms with Crippen LogP contribution in [0.2, 0.25) is 0 Å². The fraction of sp³-hybridized carbons (Fsp3) is 0.545. The second-order valence-electron chi connectivity index (χ2n) is 3.99. The number of nitrogens with zero attached hydrogens (tertiary/aromatic N) is 2. The van der Waals surface area contributed by atoms with E-state index < -0.39 is 0 Å². The average molecular weight is 223 g/mol. The second kappa shape index (κ2) is 4.86. The van der Waals surface area contributed by atoms with E-state index in [1.165, 1.54) is 17.9 Å². The molecule has 1 saturated heterocycles. The van der Waals surface area contributed by atoms with Crippen LogP contribution in [0.5, 0.6) is 0 Å². The lowest BCUT2D eigenvalue weighted by molar-refractivity contribution is 0.251. The highest BCUT2D eigenvalue weighted by Gasteiger charge is 2.20. The van der Waals surface area contributed by atoms with Crippen LogP contribution in [-0.4, -0.2) is 34.5 Å². The highest BCUT2D eigenvalue weighted by Crippen LogP contribution is 2.22. The number of nitrogen functional groups attached to an aromatic ring is 1. The molecule has 2 N–H and O–H groups in total. The monoisotopic (exact) mass is 223 g/mol. The van der Waals surface area contributed by atoms with E-state index in [4.69, 9.17) is 5.73 Å². The Morgan fingerprint density at radius 3 is 3.13 bits per heavy atom. The molecule has 0 aliphatic carbocycles. The summed E-state index contributed by atoms with van der Waals surface area (Å²) in [4.78, 5) is 6.69. The van der Waals surface area contributed by atoms with E-state index in [0.29, 0.717) is 11.9 Å². The third kappa shape index (κ3) is 2.86. The van der Waals surface area contributed by atoms with E-state index in [1.54, 1.807) is 0 Å². The minimum absolute atomic E-state index is 0.613. The average Bonchev–Trinajstić information content (AvgIpc) is 2.70. The van der Waals surface area contributed by atoms with Crippen LogP contribution >= 0.6 is 11.8 Å². The van der Waals surface area contributed by atoms with Crippen molar-refractivity contribution in [2.75, 3.05) is 24.3 Å². The second-order valence-corrected chi connectivity index (χ2v) is 5.14. The van der Waals surface area contributed by atoms with Gasteiger partial charge in [0.05, 0.1) is 5.69 Å². The zero-order chi connectivity index (χ0) is 10.7. The first-order valence-corrected chi connectivity index (χ1v) is 6.40. The minimum Gasteiger partial charge on any atom is -0.384 e. The molecule has 0 saturated carbocycles. The first-order chi connectivity index (χ1) is 7.25. The lowest BCUT2D eigenvalue weighted by atomic mass is 10.2. The van der Waals surface area contributed by atoms with E-state index >= 15 is 0 Å². The molecule has 15 heavy (non-hydrogen) atoms. The first-order valence-electron chi connectivity index (χ1n) is 5.25. The van der Waals surface area contributed by atoms with Gasteiger partial charge in [0.15, 0.2) is 0 Å². The number of aromatic nitrogens is 1. The number of nitrogens with two attached hydrogens (primary N) is 1. The van der Waals surface area contributed by atoms with Crippen LogP contribution in [0.1, 0.15) is 12.1 Å². The van der Waals surface area contributed by atoms with Crippen molar-refractivity contribution in [1.29, 1.82) is 0 Å². The Bertz CT molecular complexity index is 323. The molecule has 2 rings (SSSR count). The fourth-order valence-electron chi connectivity index (χ4n) is 1.84. The van der Waals surface area contributed by atoms with E-state index in [1.807, 2.05) is 30.0 Å². The summed E-state index contributed by atoms with van der Waals surface area (Å²) in [6.07, 6.45) is 1.30. The van der Waals surface area contributed by atoms with E-state index in [9.17, 15) is 0 Å². The summed E-state index contributed by atoms with van der Waals surface area (Å²) in [7, 11) is 2.17. The molecule has 2 heterocycles. The molecule has 1 aromatic rings. The van der Waals surface area contributed by atoms with Crippen LogP contribution < -0.4 is 5.73 Å². The molecule has 1 aromatic heterocycles. The molecule has 0 bridgehead atoms. The van der Waals surface area contributed by atoms with Crippen LogP contribution in [-0.2, 0) is 6.54 Å². The predicted molar refractivity (Wildman–Crippen MR) is 65.8 cm³/mol.